The van der Waals surface area contributed by atoms with Gasteiger partial charge in [0.15, 0.2) is 0 Å². The molecule has 0 saturated carbocycles. The number of nitrogens with one attached hydrogen (secondary N) is 2. The predicted octanol–water partition coefficient (Wildman–Crippen LogP) is 1.57. The lowest BCUT2D eigenvalue weighted by Gasteiger charge is -2.05. The van der Waals surface area contributed by atoms with Crippen molar-refractivity contribution < 1.29 is 9.59 Å². The number of rotatable bonds is 3. The summed E-state index contributed by atoms with van der Waals surface area (Å²) in [7, 11) is 0. The number of amides is 2. The van der Waals surface area contributed by atoms with Crippen LogP contribution in [-0.4, -0.2) is 16.8 Å². The lowest BCUT2D eigenvalue weighted by molar-refractivity contribution is -0.115. The Morgan fingerprint density at radius 1 is 1.47 bits per heavy atom. The molecular formula is C13H11N3O2S. The molecule has 1 aliphatic heterocycles. The Bertz CT molecular complexity index is 637. The van der Waals surface area contributed by atoms with Crippen LogP contribution in [0.4, 0.5) is 5.69 Å². The molecule has 1 aliphatic rings. The number of aromatic nitrogens is 1. The molecular weight excluding hydrogens is 262 g/mol. The summed E-state index contributed by atoms with van der Waals surface area (Å²) in [4.78, 5) is 28.2. The van der Waals surface area contributed by atoms with Crippen molar-refractivity contribution in [2.75, 3.05) is 5.32 Å². The van der Waals surface area contributed by atoms with Gasteiger partial charge in [-0.1, -0.05) is 6.07 Å². The first-order valence-electron chi connectivity index (χ1n) is 5.81. The normalized spacial score (nSPS) is 12.9. The Balaban J connectivity index is 1.70. The fourth-order valence-corrected chi connectivity index (χ4v) is 2.49. The number of carbonyl (C=O) groups is 2. The average Bonchev–Trinajstić information content (AvgIpc) is 3.02. The summed E-state index contributed by atoms with van der Waals surface area (Å²) < 4.78 is 0. The van der Waals surface area contributed by atoms with Crippen LogP contribution in [0.5, 0.6) is 0 Å². The smallest absolute Gasteiger partial charge is 0.251 e. The van der Waals surface area contributed by atoms with Gasteiger partial charge < -0.3 is 10.6 Å². The maximum atomic E-state index is 12.0. The maximum absolute atomic E-state index is 12.0. The highest BCUT2D eigenvalue weighted by Crippen LogP contribution is 2.23. The van der Waals surface area contributed by atoms with E-state index >= 15 is 0 Å². The number of hydrogen-bond acceptors (Lipinski definition) is 4. The van der Waals surface area contributed by atoms with Crippen molar-refractivity contribution in [3.63, 3.8) is 0 Å². The van der Waals surface area contributed by atoms with Crippen LogP contribution in [0.1, 0.15) is 20.8 Å². The van der Waals surface area contributed by atoms with Gasteiger partial charge >= 0.3 is 0 Å². The Morgan fingerprint density at radius 2 is 2.37 bits per heavy atom. The predicted molar refractivity (Wildman–Crippen MR) is 72.1 cm³/mol. The van der Waals surface area contributed by atoms with E-state index < -0.39 is 0 Å². The highest BCUT2D eigenvalue weighted by atomic mass is 32.1. The average molecular weight is 273 g/mol. The zero-order valence-corrected chi connectivity index (χ0v) is 10.8. The molecule has 0 spiro atoms. The SMILES string of the molecule is O=C1Cc2ccc(C(=O)NCc3cncs3)cc2N1. The Hall–Kier alpha value is -2.21. The van der Waals surface area contributed by atoms with Gasteiger partial charge in [0.1, 0.15) is 0 Å². The standard InChI is InChI=1S/C13H11N3O2S/c17-12-4-8-1-2-9(3-11(8)16-12)13(18)15-6-10-5-14-7-19-10/h1-3,5,7H,4,6H2,(H,15,18)(H,16,17). The van der Waals surface area contributed by atoms with Crippen LogP contribution in [-0.2, 0) is 17.8 Å². The van der Waals surface area contributed by atoms with Crippen LogP contribution in [0, 0.1) is 0 Å². The zero-order chi connectivity index (χ0) is 13.2. The lowest BCUT2D eigenvalue weighted by atomic mass is 10.1. The summed E-state index contributed by atoms with van der Waals surface area (Å²) in [6, 6.07) is 5.26. The quantitative estimate of drug-likeness (QED) is 0.891. The molecule has 0 radical (unpaired) electrons. The molecule has 96 valence electrons. The molecule has 0 unspecified atom stereocenters. The van der Waals surface area contributed by atoms with Crippen molar-refractivity contribution in [1.29, 1.82) is 0 Å². The number of anilines is 1. The minimum Gasteiger partial charge on any atom is -0.347 e. The first-order chi connectivity index (χ1) is 9.22. The van der Waals surface area contributed by atoms with E-state index in [1.54, 1.807) is 23.8 Å². The second kappa shape index (κ2) is 4.81. The van der Waals surface area contributed by atoms with Crippen LogP contribution in [0.3, 0.4) is 0 Å². The second-order valence-corrected chi connectivity index (χ2v) is 5.22. The summed E-state index contributed by atoms with van der Waals surface area (Å²) in [6.07, 6.45) is 2.12. The lowest BCUT2D eigenvalue weighted by Crippen LogP contribution is -2.22. The molecule has 2 aromatic rings. The van der Waals surface area contributed by atoms with Gasteiger partial charge in [0.2, 0.25) is 5.91 Å². The van der Waals surface area contributed by atoms with Crippen molar-refractivity contribution in [3.8, 4) is 0 Å². The summed E-state index contributed by atoms with van der Waals surface area (Å²) in [5.74, 6) is -0.186. The monoisotopic (exact) mass is 273 g/mol. The second-order valence-electron chi connectivity index (χ2n) is 4.25. The Labute approximate surface area is 113 Å². The highest BCUT2D eigenvalue weighted by Gasteiger charge is 2.18. The van der Waals surface area contributed by atoms with E-state index in [-0.39, 0.29) is 11.8 Å². The van der Waals surface area contributed by atoms with Crippen molar-refractivity contribution in [1.82, 2.24) is 10.3 Å². The van der Waals surface area contributed by atoms with Crippen LogP contribution in [0.15, 0.2) is 29.9 Å². The fourth-order valence-electron chi connectivity index (χ4n) is 1.95. The molecule has 5 nitrogen and oxygen atoms in total. The van der Waals surface area contributed by atoms with Gasteiger partial charge in [0, 0.05) is 22.3 Å². The molecule has 3 rings (SSSR count). The number of hydrogen-bond donors (Lipinski definition) is 2. The number of nitrogens with zero attached hydrogens (tertiary/aromatic N) is 1. The molecule has 0 saturated heterocycles. The van der Waals surface area contributed by atoms with Crippen molar-refractivity contribution in [3.05, 3.63) is 45.9 Å². The molecule has 1 aromatic carbocycles. The van der Waals surface area contributed by atoms with Crippen LogP contribution >= 0.6 is 11.3 Å². The van der Waals surface area contributed by atoms with Crippen molar-refractivity contribution >= 4 is 28.8 Å². The first kappa shape index (κ1) is 11.9. The van der Waals surface area contributed by atoms with Crippen molar-refractivity contribution in [2.24, 2.45) is 0 Å². The minimum atomic E-state index is -0.155. The van der Waals surface area contributed by atoms with Gasteiger partial charge in [-0.2, -0.15) is 0 Å². The van der Waals surface area contributed by atoms with E-state index in [9.17, 15) is 9.59 Å². The van der Waals surface area contributed by atoms with E-state index in [2.05, 4.69) is 15.6 Å². The molecule has 19 heavy (non-hydrogen) atoms. The van der Waals surface area contributed by atoms with Crippen LogP contribution < -0.4 is 10.6 Å². The number of benzene rings is 1. The van der Waals surface area contributed by atoms with Gasteiger partial charge in [-0.25, -0.2) is 0 Å². The van der Waals surface area contributed by atoms with E-state index in [4.69, 9.17) is 0 Å². The molecule has 0 atom stereocenters. The van der Waals surface area contributed by atoms with Gasteiger partial charge in [-0.15, -0.1) is 11.3 Å². The number of carbonyl (C=O) groups excluding carboxylic acids is 2. The molecule has 1 aromatic heterocycles. The highest BCUT2D eigenvalue weighted by molar-refractivity contribution is 7.09. The van der Waals surface area contributed by atoms with Crippen LogP contribution in [0.25, 0.3) is 0 Å². The minimum absolute atomic E-state index is 0.0304. The summed E-state index contributed by atoms with van der Waals surface area (Å²) in [5, 5.41) is 5.56. The number of thiazole rings is 1. The third-order valence-electron chi connectivity index (χ3n) is 2.90. The molecule has 0 fully saturated rings. The molecule has 6 heteroatoms. The van der Waals surface area contributed by atoms with Gasteiger partial charge in [0.05, 0.1) is 18.5 Å². The number of fused-ring (bicyclic) bond motifs is 1. The van der Waals surface area contributed by atoms with E-state index in [0.717, 1.165) is 16.1 Å². The van der Waals surface area contributed by atoms with E-state index in [0.29, 0.717) is 18.5 Å². The van der Waals surface area contributed by atoms with Gasteiger partial charge in [-0.3, -0.25) is 14.6 Å². The Kier molecular flexibility index (Phi) is 3.00. The fraction of sp³-hybridized carbons (Fsp3) is 0.154. The molecule has 2 N–H and O–H groups in total. The van der Waals surface area contributed by atoms with E-state index in [1.165, 1.54) is 11.3 Å². The first-order valence-corrected chi connectivity index (χ1v) is 6.69. The van der Waals surface area contributed by atoms with Crippen LogP contribution in [0.2, 0.25) is 0 Å². The summed E-state index contributed by atoms with van der Waals surface area (Å²) >= 11 is 1.50. The molecule has 0 aliphatic carbocycles. The summed E-state index contributed by atoms with van der Waals surface area (Å²) in [5.41, 5.74) is 3.94. The Morgan fingerprint density at radius 3 is 3.16 bits per heavy atom. The zero-order valence-electron chi connectivity index (χ0n) is 9.97. The third kappa shape index (κ3) is 2.48. The topological polar surface area (TPSA) is 71.1 Å². The summed E-state index contributed by atoms with van der Waals surface area (Å²) in [6.45, 7) is 0.465. The maximum Gasteiger partial charge on any atom is 0.251 e. The van der Waals surface area contributed by atoms with Gasteiger partial charge in [-0.05, 0) is 17.7 Å². The molecule has 0 bridgehead atoms. The molecule has 2 heterocycles. The van der Waals surface area contributed by atoms with Gasteiger partial charge in [0.25, 0.3) is 5.91 Å². The molecule has 2 amide bonds. The third-order valence-corrected chi connectivity index (χ3v) is 3.68. The van der Waals surface area contributed by atoms with Crippen molar-refractivity contribution in [2.45, 2.75) is 13.0 Å². The van der Waals surface area contributed by atoms with E-state index in [1.807, 2.05) is 6.07 Å². The largest absolute Gasteiger partial charge is 0.347 e.